The summed E-state index contributed by atoms with van der Waals surface area (Å²) in [5, 5.41) is 8.58. The van der Waals surface area contributed by atoms with Crippen molar-refractivity contribution in [2.45, 2.75) is 20.8 Å². The standard InChI is InChI=1S/C7H10N2S/c1-5(2)7(4-8)6(3)9-10/h10H,1-3H3/b9-6-. The summed E-state index contributed by atoms with van der Waals surface area (Å²) in [6.07, 6.45) is 0. The van der Waals surface area contributed by atoms with Crippen LogP contribution in [-0.2, 0) is 0 Å². The van der Waals surface area contributed by atoms with Crippen LogP contribution in [0, 0.1) is 11.3 Å². The molecule has 0 aromatic rings. The molecule has 0 aromatic heterocycles. The molecule has 0 aliphatic carbocycles. The number of nitriles is 1. The van der Waals surface area contributed by atoms with Crippen LogP contribution in [0.4, 0.5) is 0 Å². The SMILES string of the molecule is CC(C)=C(C#N)/C(C)=N\S. The van der Waals surface area contributed by atoms with Crippen molar-refractivity contribution in [2.24, 2.45) is 4.40 Å². The van der Waals surface area contributed by atoms with Crippen molar-refractivity contribution in [1.29, 1.82) is 5.26 Å². The molecule has 0 saturated heterocycles. The fraction of sp³-hybridized carbons (Fsp3) is 0.429. The molecular formula is C7H10N2S. The molecule has 0 radical (unpaired) electrons. The quantitative estimate of drug-likeness (QED) is 0.350. The first-order valence-corrected chi connectivity index (χ1v) is 3.30. The molecule has 54 valence electrons. The van der Waals surface area contributed by atoms with E-state index in [1.54, 1.807) is 6.92 Å². The van der Waals surface area contributed by atoms with Gasteiger partial charge in [-0.1, -0.05) is 5.57 Å². The third-order valence-electron chi connectivity index (χ3n) is 1.12. The van der Waals surface area contributed by atoms with Crippen molar-refractivity contribution in [3.63, 3.8) is 0 Å². The van der Waals surface area contributed by atoms with Crippen molar-refractivity contribution in [2.75, 3.05) is 0 Å². The normalized spacial score (nSPS) is 10.5. The number of rotatable bonds is 1. The number of thiol groups is 1. The van der Waals surface area contributed by atoms with Crippen molar-refractivity contribution < 1.29 is 0 Å². The Balaban J connectivity index is 4.77. The van der Waals surface area contributed by atoms with Gasteiger partial charge in [-0.2, -0.15) is 5.26 Å². The van der Waals surface area contributed by atoms with E-state index in [1.165, 1.54) is 0 Å². The first kappa shape index (κ1) is 9.25. The van der Waals surface area contributed by atoms with Crippen LogP contribution < -0.4 is 0 Å². The fourth-order valence-corrected chi connectivity index (χ4v) is 0.705. The summed E-state index contributed by atoms with van der Waals surface area (Å²) in [6, 6.07) is 2.05. The minimum Gasteiger partial charge on any atom is -0.223 e. The van der Waals surface area contributed by atoms with E-state index in [4.69, 9.17) is 5.26 Å². The number of nitrogens with zero attached hydrogens (tertiary/aromatic N) is 2. The lowest BCUT2D eigenvalue weighted by Crippen LogP contribution is -1.95. The molecule has 0 aromatic carbocycles. The van der Waals surface area contributed by atoms with Crippen LogP contribution in [0.3, 0.4) is 0 Å². The van der Waals surface area contributed by atoms with E-state index in [0.717, 1.165) is 5.57 Å². The molecule has 0 atom stereocenters. The highest BCUT2D eigenvalue weighted by Gasteiger charge is 2.00. The summed E-state index contributed by atoms with van der Waals surface area (Å²) in [4.78, 5) is 0. The summed E-state index contributed by atoms with van der Waals surface area (Å²) in [7, 11) is 0. The molecule has 0 aliphatic rings. The fourth-order valence-electron chi connectivity index (χ4n) is 0.605. The lowest BCUT2D eigenvalue weighted by Gasteiger charge is -1.96. The van der Waals surface area contributed by atoms with Crippen molar-refractivity contribution in [1.82, 2.24) is 0 Å². The highest BCUT2D eigenvalue weighted by molar-refractivity contribution is 7.79. The maximum absolute atomic E-state index is 8.58. The zero-order chi connectivity index (χ0) is 8.15. The van der Waals surface area contributed by atoms with Crippen LogP contribution in [0.1, 0.15) is 20.8 Å². The molecule has 0 N–H and O–H groups in total. The first-order chi connectivity index (χ1) is 4.63. The van der Waals surface area contributed by atoms with Gasteiger partial charge in [0.2, 0.25) is 0 Å². The van der Waals surface area contributed by atoms with Crippen LogP contribution in [-0.4, -0.2) is 5.71 Å². The third-order valence-corrected chi connectivity index (χ3v) is 1.42. The Morgan fingerprint density at radius 1 is 1.40 bits per heavy atom. The van der Waals surface area contributed by atoms with Gasteiger partial charge in [0.15, 0.2) is 0 Å². The molecule has 0 amide bonds. The van der Waals surface area contributed by atoms with E-state index in [0.29, 0.717) is 11.3 Å². The van der Waals surface area contributed by atoms with Gasteiger partial charge in [-0.05, 0) is 33.6 Å². The van der Waals surface area contributed by atoms with Gasteiger partial charge in [0, 0.05) is 0 Å². The smallest absolute Gasteiger partial charge is 0.101 e. The molecule has 0 saturated carbocycles. The molecule has 0 fully saturated rings. The first-order valence-electron chi connectivity index (χ1n) is 2.90. The second-order valence-corrected chi connectivity index (χ2v) is 2.37. The van der Waals surface area contributed by atoms with Gasteiger partial charge in [-0.3, -0.25) is 0 Å². The van der Waals surface area contributed by atoms with Crippen LogP contribution in [0.25, 0.3) is 0 Å². The summed E-state index contributed by atoms with van der Waals surface area (Å²) in [6.45, 7) is 5.51. The second-order valence-electron chi connectivity index (χ2n) is 2.17. The summed E-state index contributed by atoms with van der Waals surface area (Å²) < 4.78 is 3.61. The number of allylic oxidation sites excluding steroid dienone is 2. The zero-order valence-corrected chi connectivity index (χ0v) is 7.24. The molecule has 2 nitrogen and oxygen atoms in total. The third kappa shape index (κ3) is 2.24. The Labute approximate surface area is 66.8 Å². The maximum atomic E-state index is 8.58. The van der Waals surface area contributed by atoms with Gasteiger partial charge in [-0.15, -0.1) is 0 Å². The highest BCUT2D eigenvalue weighted by atomic mass is 32.1. The van der Waals surface area contributed by atoms with Gasteiger partial charge in [0.1, 0.15) is 6.07 Å². The molecule has 10 heavy (non-hydrogen) atoms. The molecule has 3 heteroatoms. The molecule has 0 spiro atoms. The van der Waals surface area contributed by atoms with Gasteiger partial charge in [0.05, 0.1) is 11.3 Å². The molecule has 0 bridgehead atoms. The van der Waals surface area contributed by atoms with Crippen LogP contribution in [0.15, 0.2) is 15.5 Å². The predicted octanol–water partition coefficient (Wildman–Crippen LogP) is 2.15. The van der Waals surface area contributed by atoms with Crippen LogP contribution in [0.2, 0.25) is 0 Å². The molecule has 0 rings (SSSR count). The van der Waals surface area contributed by atoms with E-state index in [2.05, 4.69) is 23.3 Å². The Morgan fingerprint density at radius 3 is 2.00 bits per heavy atom. The minimum atomic E-state index is 0.620. The van der Waals surface area contributed by atoms with Crippen molar-refractivity contribution in [3.8, 4) is 6.07 Å². The van der Waals surface area contributed by atoms with Crippen LogP contribution in [0.5, 0.6) is 0 Å². The summed E-state index contributed by atoms with van der Waals surface area (Å²) in [5.41, 5.74) is 2.26. The average Bonchev–Trinajstić information content (AvgIpc) is 1.88. The Morgan fingerprint density at radius 2 is 1.90 bits per heavy atom. The predicted molar refractivity (Wildman–Crippen MR) is 46.1 cm³/mol. The van der Waals surface area contributed by atoms with E-state index < -0.39 is 0 Å². The van der Waals surface area contributed by atoms with Crippen molar-refractivity contribution >= 4 is 18.5 Å². The molecule has 0 aliphatic heterocycles. The van der Waals surface area contributed by atoms with Crippen LogP contribution >= 0.6 is 12.8 Å². The Bertz CT molecular complexity index is 216. The highest BCUT2D eigenvalue weighted by Crippen LogP contribution is 2.04. The van der Waals surface area contributed by atoms with Gasteiger partial charge >= 0.3 is 0 Å². The lowest BCUT2D eigenvalue weighted by atomic mass is 10.1. The average molecular weight is 154 g/mol. The maximum Gasteiger partial charge on any atom is 0.101 e. The number of hydrogen-bond acceptors (Lipinski definition) is 3. The monoisotopic (exact) mass is 154 g/mol. The van der Waals surface area contributed by atoms with E-state index >= 15 is 0 Å². The molecular weight excluding hydrogens is 144 g/mol. The van der Waals surface area contributed by atoms with E-state index in [1.807, 2.05) is 13.8 Å². The van der Waals surface area contributed by atoms with E-state index in [9.17, 15) is 0 Å². The zero-order valence-electron chi connectivity index (χ0n) is 6.34. The van der Waals surface area contributed by atoms with E-state index in [-0.39, 0.29) is 0 Å². The summed E-state index contributed by atoms with van der Waals surface area (Å²) >= 11 is 3.71. The number of hydrogen-bond donors (Lipinski definition) is 1. The van der Waals surface area contributed by atoms with Gasteiger partial charge in [-0.25, -0.2) is 4.40 Å². The minimum absolute atomic E-state index is 0.620. The topological polar surface area (TPSA) is 36.1 Å². The molecule has 0 heterocycles. The Kier molecular flexibility index (Phi) is 3.82. The van der Waals surface area contributed by atoms with Gasteiger partial charge in [0.25, 0.3) is 0 Å². The largest absolute Gasteiger partial charge is 0.223 e. The Hall–Kier alpha value is -0.750. The summed E-state index contributed by atoms with van der Waals surface area (Å²) in [5.74, 6) is 0. The lowest BCUT2D eigenvalue weighted by molar-refractivity contribution is 1.35. The molecule has 0 unspecified atom stereocenters. The second kappa shape index (κ2) is 4.13. The van der Waals surface area contributed by atoms with Crippen molar-refractivity contribution in [3.05, 3.63) is 11.1 Å². The van der Waals surface area contributed by atoms with Gasteiger partial charge < -0.3 is 0 Å².